The Bertz CT molecular complexity index is 524. The summed E-state index contributed by atoms with van der Waals surface area (Å²) in [5.74, 6) is 0.117. The number of benzene rings is 1. The van der Waals surface area contributed by atoms with Crippen molar-refractivity contribution < 1.29 is 9.53 Å². The van der Waals surface area contributed by atoms with Crippen LogP contribution < -0.4 is 10.6 Å². The van der Waals surface area contributed by atoms with Crippen molar-refractivity contribution in [1.29, 1.82) is 0 Å². The van der Waals surface area contributed by atoms with Crippen LogP contribution in [-0.4, -0.2) is 50.2 Å². The summed E-state index contributed by atoms with van der Waals surface area (Å²) in [5, 5.41) is 6.16. The first-order valence-corrected chi connectivity index (χ1v) is 7.59. The SMILES string of the molecule is CNc1ccc2c(c1)NC(=O)C(N1CCC(OC)CC1)C2. The molecule has 2 heterocycles. The number of rotatable bonds is 3. The molecule has 1 saturated heterocycles. The monoisotopic (exact) mass is 289 g/mol. The zero-order chi connectivity index (χ0) is 14.8. The number of carbonyl (C=O) groups excluding carboxylic acids is 1. The van der Waals surface area contributed by atoms with Crippen LogP contribution in [0.4, 0.5) is 11.4 Å². The first-order valence-electron chi connectivity index (χ1n) is 7.59. The summed E-state index contributed by atoms with van der Waals surface area (Å²) in [7, 11) is 3.65. The summed E-state index contributed by atoms with van der Waals surface area (Å²) in [6, 6.07) is 6.12. The number of ether oxygens (including phenoxy) is 1. The molecule has 114 valence electrons. The lowest BCUT2D eigenvalue weighted by Gasteiger charge is -2.38. The number of piperidine rings is 1. The smallest absolute Gasteiger partial charge is 0.242 e. The van der Waals surface area contributed by atoms with Crippen molar-refractivity contribution >= 4 is 17.3 Å². The molecule has 5 heteroatoms. The lowest BCUT2D eigenvalue weighted by Crippen LogP contribution is -2.51. The second-order valence-electron chi connectivity index (χ2n) is 5.80. The van der Waals surface area contributed by atoms with Crippen LogP contribution in [0, 0.1) is 0 Å². The molecule has 1 aromatic carbocycles. The van der Waals surface area contributed by atoms with Gasteiger partial charge in [0.15, 0.2) is 0 Å². The van der Waals surface area contributed by atoms with Crippen molar-refractivity contribution in [2.24, 2.45) is 0 Å². The molecule has 2 aliphatic heterocycles. The largest absolute Gasteiger partial charge is 0.388 e. The van der Waals surface area contributed by atoms with E-state index in [1.54, 1.807) is 7.11 Å². The standard InChI is InChI=1S/C16H23N3O2/c1-17-12-4-3-11-9-15(16(20)18-14(11)10-12)19-7-5-13(21-2)6-8-19/h3-4,10,13,15,17H,5-9H2,1-2H3,(H,18,20). The summed E-state index contributed by atoms with van der Waals surface area (Å²) < 4.78 is 5.40. The molecule has 1 amide bonds. The van der Waals surface area contributed by atoms with Crippen molar-refractivity contribution in [3.8, 4) is 0 Å². The molecular weight excluding hydrogens is 266 g/mol. The summed E-state index contributed by atoms with van der Waals surface area (Å²) in [6.07, 6.45) is 3.15. The Morgan fingerprint density at radius 1 is 1.33 bits per heavy atom. The van der Waals surface area contributed by atoms with E-state index < -0.39 is 0 Å². The average Bonchev–Trinajstić information content (AvgIpc) is 2.53. The molecule has 0 bridgehead atoms. The highest BCUT2D eigenvalue weighted by Gasteiger charge is 2.33. The van der Waals surface area contributed by atoms with E-state index >= 15 is 0 Å². The molecule has 1 unspecified atom stereocenters. The maximum absolute atomic E-state index is 12.4. The minimum atomic E-state index is -0.0456. The first kappa shape index (κ1) is 14.4. The molecule has 0 aliphatic carbocycles. The molecule has 0 radical (unpaired) electrons. The van der Waals surface area contributed by atoms with Gasteiger partial charge in [0.05, 0.1) is 12.1 Å². The quantitative estimate of drug-likeness (QED) is 0.889. The number of hydrogen-bond donors (Lipinski definition) is 2. The molecule has 21 heavy (non-hydrogen) atoms. The third-order valence-electron chi connectivity index (χ3n) is 4.62. The van der Waals surface area contributed by atoms with E-state index in [0.717, 1.165) is 43.7 Å². The molecule has 5 nitrogen and oxygen atoms in total. The number of methoxy groups -OCH3 is 1. The molecule has 0 saturated carbocycles. The zero-order valence-corrected chi connectivity index (χ0v) is 12.7. The third kappa shape index (κ3) is 2.89. The van der Waals surface area contributed by atoms with Gasteiger partial charge in [-0.2, -0.15) is 0 Å². The van der Waals surface area contributed by atoms with E-state index in [9.17, 15) is 4.79 Å². The molecule has 2 N–H and O–H groups in total. The van der Waals surface area contributed by atoms with Crippen LogP contribution in [0.15, 0.2) is 18.2 Å². The molecule has 2 aliphatic rings. The fourth-order valence-electron chi connectivity index (χ4n) is 3.26. The second-order valence-corrected chi connectivity index (χ2v) is 5.80. The van der Waals surface area contributed by atoms with Gasteiger partial charge in [-0.1, -0.05) is 6.07 Å². The highest BCUT2D eigenvalue weighted by molar-refractivity contribution is 5.98. The van der Waals surface area contributed by atoms with Crippen molar-refractivity contribution in [3.63, 3.8) is 0 Å². The van der Waals surface area contributed by atoms with E-state index in [-0.39, 0.29) is 11.9 Å². The van der Waals surface area contributed by atoms with Crippen molar-refractivity contribution in [2.75, 3.05) is 37.9 Å². The lowest BCUT2D eigenvalue weighted by atomic mass is 9.95. The molecule has 1 aromatic rings. The van der Waals surface area contributed by atoms with Crippen LogP contribution in [0.25, 0.3) is 0 Å². The Balaban J connectivity index is 1.72. The van der Waals surface area contributed by atoms with Crippen LogP contribution in [0.3, 0.4) is 0 Å². The van der Waals surface area contributed by atoms with Gasteiger partial charge in [-0.25, -0.2) is 0 Å². The Hall–Kier alpha value is -1.59. The fourth-order valence-corrected chi connectivity index (χ4v) is 3.26. The number of anilines is 2. The van der Waals surface area contributed by atoms with E-state index in [1.165, 1.54) is 5.56 Å². The van der Waals surface area contributed by atoms with Gasteiger partial charge in [0.1, 0.15) is 0 Å². The second kappa shape index (κ2) is 6.03. The van der Waals surface area contributed by atoms with E-state index in [2.05, 4.69) is 27.7 Å². The highest BCUT2D eigenvalue weighted by atomic mass is 16.5. The average molecular weight is 289 g/mol. The van der Waals surface area contributed by atoms with Crippen LogP contribution in [0.2, 0.25) is 0 Å². The minimum absolute atomic E-state index is 0.0456. The molecule has 0 spiro atoms. The molecule has 0 aromatic heterocycles. The maximum atomic E-state index is 12.4. The van der Waals surface area contributed by atoms with Crippen molar-refractivity contribution in [2.45, 2.75) is 31.4 Å². The normalized spacial score (nSPS) is 23.5. The maximum Gasteiger partial charge on any atom is 0.242 e. The van der Waals surface area contributed by atoms with Crippen LogP contribution in [-0.2, 0) is 16.0 Å². The Morgan fingerprint density at radius 3 is 2.76 bits per heavy atom. The highest BCUT2D eigenvalue weighted by Crippen LogP contribution is 2.29. The summed E-state index contributed by atoms with van der Waals surface area (Å²) in [5.41, 5.74) is 3.18. The van der Waals surface area contributed by atoms with Gasteiger partial charge in [-0.05, 0) is 37.0 Å². The predicted octanol–water partition coefficient (Wildman–Crippen LogP) is 1.70. The number of carbonyl (C=O) groups is 1. The Labute approximate surface area is 125 Å². The van der Waals surface area contributed by atoms with Gasteiger partial charge in [0, 0.05) is 38.6 Å². The van der Waals surface area contributed by atoms with Crippen molar-refractivity contribution in [1.82, 2.24) is 4.90 Å². The van der Waals surface area contributed by atoms with E-state index in [1.807, 2.05) is 13.1 Å². The number of nitrogens with one attached hydrogen (secondary N) is 2. The zero-order valence-electron chi connectivity index (χ0n) is 12.7. The van der Waals surface area contributed by atoms with Crippen LogP contribution in [0.1, 0.15) is 18.4 Å². The number of hydrogen-bond acceptors (Lipinski definition) is 4. The number of nitrogens with zero attached hydrogens (tertiary/aromatic N) is 1. The van der Waals surface area contributed by atoms with Crippen LogP contribution >= 0.6 is 0 Å². The third-order valence-corrected chi connectivity index (χ3v) is 4.62. The topological polar surface area (TPSA) is 53.6 Å². The molecular formula is C16H23N3O2. The predicted molar refractivity (Wildman–Crippen MR) is 83.7 cm³/mol. The van der Waals surface area contributed by atoms with E-state index in [0.29, 0.717) is 6.10 Å². The van der Waals surface area contributed by atoms with Crippen LogP contribution in [0.5, 0.6) is 0 Å². The number of fused-ring (bicyclic) bond motifs is 1. The van der Waals surface area contributed by atoms with Gasteiger partial charge in [-0.3, -0.25) is 9.69 Å². The lowest BCUT2D eigenvalue weighted by molar-refractivity contribution is -0.122. The van der Waals surface area contributed by atoms with Gasteiger partial charge in [0.2, 0.25) is 5.91 Å². The van der Waals surface area contributed by atoms with E-state index in [4.69, 9.17) is 4.74 Å². The minimum Gasteiger partial charge on any atom is -0.388 e. The summed E-state index contributed by atoms with van der Waals surface area (Å²) in [6.45, 7) is 1.86. The fraction of sp³-hybridized carbons (Fsp3) is 0.562. The van der Waals surface area contributed by atoms with Gasteiger partial charge < -0.3 is 15.4 Å². The summed E-state index contributed by atoms with van der Waals surface area (Å²) >= 11 is 0. The number of likely N-dealkylation sites (tertiary alicyclic amines) is 1. The first-order chi connectivity index (χ1) is 10.2. The Kier molecular flexibility index (Phi) is 4.12. The molecule has 3 rings (SSSR count). The molecule has 1 fully saturated rings. The van der Waals surface area contributed by atoms with Gasteiger partial charge in [-0.15, -0.1) is 0 Å². The van der Waals surface area contributed by atoms with Gasteiger partial charge >= 0.3 is 0 Å². The number of amides is 1. The van der Waals surface area contributed by atoms with Gasteiger partial charge in [0.25, 0.3) is 0 Å². The molecule has 1 atom stereocenters. The van der Waals surface area contributed by atoms with Crippen molar-refractivity contribution in [3.05, 3.63) is 23.8 Å². The summed E-state index contributed by atoms with van der Waals surface area (Å²) in [4.78, 5) is 14.7. The Morgan fingerprint density at radius 2 is 2.10 bits per heavy atom.